The highest BCUT2D eigenvalue weighted by Crippen LogP contribution is 2.37. The number of ether oxygens (including phenoxy) is 1. The molecule has 2 bridgehead atoms. The number of likely N-dealkylation sites (tertiary alicyclic amines) is 1. The number of benzene rings is 1. The lowest BCUT2D eigenvalue weighted by Gasteiger charge is -2.44. The Balaban J connectivity index is 1.24. The first-order valence-corrected chi connectivity index (χ1v) is 9.87. The van der Waals surface area contributed by atoms with Gasteiger partial charge in [0.15, 0.2) is 0 Å². The second-order valence-corrected chi connectivity index (χ2v) is 8.08. The molecule has 0 spiro atoms. The molecule has 3 aliphatic heterocycles. The van der Waals surface area contributed by atoms with Crippen molar-refractivity contribution in [1.29, 1.82) is 0 Å². The zero-order valence-electron chi connectivity index (χ0n) is 15.3. The minimum Gasteiger partial charge on any atom is -0.461 e. The average molecular weight is 342 g/mol. The molecule has 0 aliphatic carbocycles. The predicted octanol–water partition coefficient (Wildman–Crippen LogP) is 3.07. The summed E-state index contributed by atoms with van der Waals surface area (Å²) in [6.45, 7) is 2.51. The standard InChI is InChI=1S/C21H30N2O2/c1-22-18-7-8-19(22)14-20(13-18)23-11-9-17(10-12-23)21(24)25-15-16-5-3-2-4-6-16/h2-6,17-20H,7-15H2,1H3/t18-,19+,20?. The predicted molar refractivity (Wildman–Crippen MR) is 98.1 cm³/mol. The number of nitrogens with zero attached hydrogens (tertiary/aromatic N) is 2. The highest BCUT2D eigenvalue weighted by atomic mass is 16.5. The van der Waals surface area contributed by atoms with Crippen LogP contribution in [0.5, 0.6) is 0 Å². The minimum atomic E-state index is -0.00745. The molecule has 136 valence electrons. The molecule has 3 fully saturated rings. The molecule has 3 atom stereocenters. The van der Waals surface area contributed by atoms with Crippen LogP contribution >= 0.6 is 0 Å². The lowest BCUT2D eigenvalue weighted by Crippen LogP contribution is -2.51. The van der Waals surface area contributed by atoms with Gasteiger partial charge in [-0.15, -0.1) is 0 Å². The van der Waals surface area contributed by atoms with Gasteiger partial charge in [-0.05, 0) is 64.2 Å². The summed E-state index contributed by atoms with van der Waals surface area (Å²) in [5, 5.41) is 0. The number of hydrogen-bond donors (Lipinski definition) is 0. The summed E-state index contributed by atoms with van der Waals surface area (Å²) >= 11 is 0. The van der Waals surface area contributed by atoms with E-state index in [2.05, 4.69) is 16.8 Å². The van der Waals surface area contributed by atoms with Gasteiger partial charge in [-0.2, -0.15) is 0 Å². The summed E-state index contributed by atoms with van der Waals surface area (Å²) in [7, 11) is 2.30. The van der Waals surface area contributed by atoms with Crippen LogP contribution in [-0.4, -0.2) is 54.0 Å². The molecule has 3 heterocycles. The molecule has 0 radical (unpaired) electrons. The van der Waals surface area contributed by atoms with E-state index in [4.69, 9.17) is 4.74 Å². The van der Waals surface area contributed by atoms with Crippen LogP contribution in [0.2, 0.25) is 0 Å². The Morgan fingerprint density at radius 3 is 2.28 bits per heavy atom. The first-order chi connectivity index (χ1) is 12.2. The summed E-state index contributed by atoms with van der Waals surface area (Å²) in [5.41, 5.74) is 1.06. The molecule has 4 heteroatoms. The Labute approximate surface area is 151 Å². The number of esters is 1. The van der Waals surface area contributed by atoms with Crippen LogP contribution in [0.1, 0.15) is 44.1 Å². The number of carbonyl (C=O) groups excluding carboxylic acids is 1. The first kappa shape index (κ1) is 17.0. The Bertz CT molecular complexity index is 569. The van der Waals surface area contributed by atoms with E-state index in [1.807, 2.05) is 30.3 Å². The molecule has 1 aromatic carbocycles. The second kappa shape index (κ2) is 7.46. The number of carbonyl (C=O) groups is 1. The quantitative estimate of drug-likeness (QED) is 0.788. The van der Waals surface area contributed by atoms with Gasteiger partial charge in [0.05, 0.1) is 5.92 Å². The molecule has 3 aliphatic rings. The summed E-state index contributed by atoms with van der Waals surface area (Å²) < 4.78 is 5.54. The van der Waals surface area contributed by atoms with Crippen molar-refractivity contribution < 1.29 is 9.53 Å². The summed E-state index contributed by atoms with van der Waals surface area (Å²) in [6, 6.07) is 12.3. The van der Waals surface area contributed by atoms with Crippen molar-refractivity contribution in [3.8, 4) is 0 Å². The Hall–Kier alpha value is -1.39. The minimum absolute atomic E-state index is 0.00745. The fourth-order valence-electron chi connectivity index (χ4n) is 5.03. The van der Waals surface area contributed by atoms with Crippen molar-refractivity contribution in [2.45, 2.75) is 63.3 Å². The van der Waals surface area contributed by atoms with E-state index in [1.165, 1.54) is 25.7 Å². The van der Waals surface area contributed by atoms with Gasteiger partial charge in [0.2, 0.25) is 0 Å². The number of piperidine rings is 2. The molecule has 0 N–H and O–H groups in total. The van der Waals surface area contributed by atoms with Crippen LogP contribution < -0.4 is 0 Å². The maximum atomic E-state index is 12.4. The van der Waals surface area contributed by atoms with E-state index in [9.17, 15) is 4.79 Å². The molecule has 4 rings (SSSR count). The van der Waals surface area contributed by atoms with Gasteiger partial charge < -0.3 is 14.5 Å². The maximum absolute atomic E-state index is 12.4. The van der Waals surface area contributed by atoms with E-state index in [0.717, 1.165) is 49.6 Å². The van der Waals surface area contributed by atoms with Crippen LogP contribution in [0.4, 0.5) is 0 Å². The normalized spacial score (nSPS) is 31.2. The van der Waals surface area contributed by atoms with Gasteiger partial charge in [0.1, 0.15) is 6.61 Å². The lowest BCUT2D eigenvalue weighted by molar-refractivity contribution is -0.151. The molecular formula is C21H30N2O2. The van der Waals surface area contributed by atoms with E-state index in [0.29, 0.717) is 6.61 Å². The molecule has 4 nitrogen and oxygen atoms in total. The van der Waals surface area contributed by atoms with Gasteiger partial charge in [-0.25, -0.2) is 0 Å². The smallest absolute Gasteiger partial charge is 0.309 e. The van der Waals surface area contributed by atoms with Crippen LogP contribution in [0.15, 0.2) is 30.3 Å². The summed E-state index contributed by atoms with van der Waals surface area (Å²) in [4.78, 5) is 17.6. The fraction of sp³-hybridized carbons (Fsp3) is 0.667. The van der Waals surface area contributed by atoms with Gasteiger partial charge in [-0.1, -0.05) is 30.3 Å². The van der Waals surface area contributed by atoms with Crippen molar-refractivity contribution in [2.24, 2.45) is 5.92 Å². The largest absolute Gasteiger partial charge is 0.461 e. The molecular weight excluding hydrogens is 312 g/mol. The van der Waals surface area contributed by atoms with Gasteiger partial charge in [0.25, 0.3) is 0 Å². The zero-order valence-corrected chi connectivity index (χ0v) is 15.3. The zero-order chi connectivity index (χ0) is 17.2. The van der Waals surface area contributed by atoms with Crippen LogP contribution in [-0.2, 0) is 16.1 Å². The molecule has 25 heavy (non-hydrogen) atoms. The van der Waals surface area contributed by atoms with E-state index in [1.54, 1.807) is 0 Å². The third kappa shape index (κ3) is 3.75. The fourth-order valence-corrected chi connectivity index (χ4v) is 5.03. The van der Waals surface area contributed by atoms with Crippen molar-refractivity contribution in [2.75, 3.05) is 20.1 Å². The second-order valence-electron chi connectivity index (χ2n) is 8.08. The van der Waals surface area contributed by atoms with Crippen LogP contribution in [0, 0.1) is 5.92 Å². The Kier molecular flexibility index (Phi) is 5.09. The SMILES string of the molecule is CN1[C@@H]2CC[C@H]1CC(N1CCC(C(=O)OCc3ccccc3)CC1)C2. The molecule has 1 aromatic rings. The van der Waals surface area contributed by atoms with Gasteiger partial charge in [0, 0.05) is 18.1 Å². The number of rotatable bonds is 4. The first-order valence-electron chi connectivity index (χ1n) is 9.87. The average Bonchev–Trinajstić information content (AvgIpc) is 2.87. The number of fused-ring (bicyclic) bond motifs is 2. The highest BCUT2D eigenvalue weighted by Gasteiger charge is 2.41. The van der Waals surface area contributed by atoms with E-state index in [-0.39, 0.29) is 11.9 Å². The highest BCUT2D eigenvalue weighted by molar-refractivity contribution is 5.72. The summed E-state index contributed by atoms with van der Waals surface area (Å²) in [5.74, 6) is 0.0786. The Morgan fingerprint density at radius 2 is 1.64 bits per heavy atom. The van der Waals surface area contributed by atoms with E-state index >= 15 is 0 Å². The van der Waals surface area contributed by atoms with Crippen molar-refractivity contribution in [1.82, 2.24) is 9.80 Å². The van der Waals surface area contributed by atoms with Gasteiger partial charge in [-0.3, -0.25) is 4.79 Å². The molecule has 0 amide bonds. The van der Waals surface area contributed by atoms with Crippen molar-refractivity contribution in [3.63, 3.8) is 0 Å². The topological polar surface area (TPSA) is 32.8 Å². The Morgan fingerprint density at radius 1 is 1.00 bits per heavy atom. The van der Waals surface area contributed by atoms with Gasteiger partial charge >= 0.3 is 5.97 Å². The number of hydrogen-bond acceptors (Lipinski definition) is 4. The van der Waals surface area contributed by atoms with Crippen LogP contribution in [0.25, 0.3) is 0 Å². The van der Waals surface area contributed by atoms with E-state index < -0.39 is 0 Å². The third-order valence-electron chi connectivity index (χ3n) is 6.68. The summed E-state index contributed by atoms with van der Waals surface area (Å²) in [6.07, 6.45) is 7.29. The molecule has 3 saturated heterocycles. The van der Waals surface area contributed by atoms with Crippen molar-refractivity contribution in [3.05, 3.63) is 35.9 Å². The maximum Gasteiger partial charge on any atom is 0.309 e. The third-order valence-corrected chi connectivity index (χ3v) is 6.68. The molecule has 0 aromatic heterocycles. The molecule has 1 unspecified atom stereocenters. The van der Waals surface area contributed by atoms with Crippen molar-refractivity contribution >= 4 is 5.97 Å². The van der Waals surface area contributed by atoms with Crippen LogP contribution in [0.3, 0.4) is 0 Å². The molecule has 0 saturated carbocycles. The lowest BCUT2D eigenvalue weighted by atomic mass is 9.91. The monoisotopic (exact) mass is 342 g/mol.